The average Bonchev–Trinajstić information content (AvgIpc) is 2.66. The van der Waals surface area contributed by atoms with E-state index in [9.17, 15) is 9.18 Å². The second kappa shape index (κ2) is 8.66. The number of nitrogens with one attached hydrogen (secondary N) is 1. The summed E-state index contributed by atoms with van der Waals surface area (Å²) in [7, 11) is 0. The van der Waals surface area contributed by atoms with Crippen molar-refractivity contribution in [2.24, 2.45) is 5.92 Å². The van der Waals surface area contributed by atoms with E-state index >= 15 is 0 Å². The van der Waals surface area contributed by atoms with Gasteiger partial charge in [0.25, 0.3) is 5.91 Å². The monoisotopic (exact) mass is 369 g/mol. The van der Waals surface area contributed by atoms with E-state index < -0.39 is 0 Å². The van der Waals surface area contributed by atoms with Gasteiger partial charge in [-0.3, -0.25) is 4.79 Å². The van der Waals surface area contributed by atoms with Crippen LogP contribution in [0.2, 0.25) is 0 Å². The maximum atomic E-state index is 13.4. The van der Waals surface area contributed by atoms with Gasteiger partial charge in [0.2, 0.25) is 0 Å². The Kier molecular flexibility index (Phi) is 6.27. The van der Waals surface area contributed by atoms with E-state index in [-0.39, 0.29) is 23.2 Å². The summed E-state index contributed by atoms with van der Waals surface area (Å²) in [6, 6.07) is 16.0. The largest absolute Gasteiger partial charge is 0.376 e. The lowest BCUT2D eigenvalue weighted by molar-refractivity contribution is -0.0771. The van der Waals surface area contributed by atoms with Crippen molar-refractivity contribution in [3.8, 4) is 0 Å². The summed E-state index contributed by atoms with van der Waals surface area (Å²) < 4.78 is 19.3. The van der Waals surface area contributed by atoms with Crippen molar-refractivity contribution < 1.29 is 13.9 Å². The third-order valence-electron chi connectivity index (χ3n) is 5.38. The quantitative estimate of drug-likeness (QED) is 0.784. The Morgan fingerprint density at radius 1 is 1.19 bits per heavy atom. The fraction of sp³-hybridized carbons (Fsp3) is 0.435. The van der Waals surface area contributed by atoms with Crippen molar-refractivity contribution >= 4 is 5.91 Å². The molecule has 1 heterocycles. The third-order valence-corrected chi connectivity index (χ3v) is 5.38. The van der Waals surface area contributed by atoms with Gasteiger partial charge in [0, 0.05) is 18.7 Å². The van der Waals surface area contributed by atoms with Crippen molar-refractivity contribution in [2.75, 3.05) is 13.2 Å². The molecule has 144 valence electrons. The number of amides is 1. The highest BCUT2D eigenvalue weighted by molar-refractivity contribution is 5.94. The van der Waals surface area contributed by atoms with Crippen LogP contribution < -0.4 is 5.32 Å². The van der Waals surface area contributed by atoms with E-state index in [2.05, 4.69) is 19.2 Å². The fourth-order valence-corrected chi connectivity index (χ4v) is 4.04. The Labute approximate surface area is 160 Å². The summed E-state index contributed by atoms with van der Waals surface area (Å²) in [5.74, 6) is 0.445. The van der Waals surface area contributed by atoms with Gasteiger partial charge in [-0.1, -0.05) is 30.3 Å². The SMILES string of the molecule is CC1(C)C[C@H]([C@H](CCNC(=O)c2ccccc2)c2ccc(F)cc2)CCO1. The van der Waals surface area contributed by atoms with Gasteiger partial charge in [-0.2, -0.15) is 0 Å². The Morgan fingerprint density at radius 2 is 1.89 bits per heavy atom. The van der Waals surface area contributed by atoms with Crippen molar-refractivity contribution in [1.82, 2.24) is 5.32 Å². The number of halogens is 1. The Morgan fingerprint density at radius 3 is 2.56 bits per heavy atom. The summed E-state index contributed by atoms with van der Waals surface area (Å²) in [6.45, 7) is 5.58. The van der Waals surface area contributed by atoms with Gasteiger partial charge in [-0.05, 0) is 74.8 Å². The minimum absolute atomic E-state index is 0.0548. The van der Waals surface area contributed by atoms with Crippen LogP contribution in [0.3, 0.4) is 0 Å². The number of benzene rings is 2. The van der Waals surface area contributed by atoms with Crippen molar-refractivity contribution in [2.45, 2.75) is 44.6 Å². The zero-order valence-electron chi connectivity index (χ0n) is 16.1. The molecule has 1 aliphatic heterocycles. The molecule has 1 fully saturated rings. The second-order valence-electron chi connectivity index (χ2n) is 7.93. The van der Waals surface area contributed by atoms with Crippen LogP contribution in [0.15, 0.2) is 54.6 Å². The molecule has 0 radical (unpaired) electrons. The van der Waals surface area contributed by atoms with E-state index in [1.807, 2.05) is 42.5 Å². The molecule has 2 aromatic carbocycles. The first-order valence-electron chi connectivity index (χ1n) is 9.67. The molecule has 0 unspecified atom stereocenters. The predicted octanol–water partition coefficient (Wildman–Crippen LogP) is 4.93. The highest BCUT2D eigenvalue weighted by Gasteiger charge is 2.34. The lowest BCUT2D eigenvalue weighted by Crippen LogP contribution is -2.37. The summed E-state index contributed by atoms with van der Waals surface area (Å²) in [4.78, 5) is 12.3. The minimum atomic E-state index is -0.220. The molecule has 27 heavy (non-hydrogen) atoms. The van der Waals surface area contributed by atoms with Crippen molar-refractivity contribution in [3.63, 3.8) is 0 Å². The van der Waals surface area contributed by atoms with E-state index in [4.69, 9.17) is 4.74 Å². The first kappa shape index (κ1) is 19.6. The van der Waals surface area contributed by atoms with E-state index in [1.165, 1.54) is 12.1 Å². The molecule has 1 aliphatic rings. The number of ether oxygens (including phenoxy) is 1. The smallest absolute Gasteiger partial charge is 0.251 e. The molecule has 0 aliphatic carbocycles. The van der Waals surface area contributed by atoms with Crippen LogP contribution in [0.4, 0.5) is 4.39 Å². The van der Waals surface area contributed by atoms with Gasteiger partial charge >= 0.3 is 0 Å². The minimum Gasteiger partial charge on any atom is -0.376 e. The first-order chi connectivity index (χ1) is 12.9. The van der Waals surface area contributed by atoms with E-state index in [0.29, 0.717) is 18.0 Å². The van der Waals surface area contributed by atoms with Gasteiger partial charge in [0.1, 0.15) is 5.82 Å². The summed E-state index contributed by atoms with van der Waals surface area (Å²) in [6.07, 6.45) is 2.77. The molecule has 0 bridgehead atoms. The highest BCUT2D eigenvalue weighted by atomic mass is 19.1. The second-order valence-corrected chi connectivity index (χ2v) is 7.93. The van der Waals surface area contributed by atoms with Gasteiger partial charge in [-0.15, -0.1) is 0 Å². The van der Waals surface area contributed by atoms with Crippen LogP contribution in [0, 0.1) is 11.7 Å². The molecule has 3 rings (SSSR count). The average molecular weight is 369 g/mol. The normalized spacial score (nSPS) is 20.0. The van der Waals surface area contributed by atoms with Crippen LogP contribution in [0.5, 0.6) is 0 Å². The highest BCUT2D eigenvalue weighted by Crippen LogP contribution is 2.39. The lowest BCUT2D eigenvalue weighted by Gasteiger charge is -2.39. The number of rotatable bonds is 6. The maximum Gasteiger partial charge on any atom is 0.251 e. The first-order valence-corrected chi connectivity index (χ1v) is 9.67. The molecule has 3 nitrogen and oxygen atoms in total. The van der Waals surface area contributed by atoms with Gasteiger partial charge in [0.05, 0.1) is 5.60 Å². The maximum absolute atomic E-state index is 13.4. The third kappa shape index (κ3) is 5.39. The topological polar surface area (TPSA) is 38.3 Å². The summed E-state index contributed by atoms with van der Waals surface area (Å²) in [5, 5.41) is 3.03. The predicted molar refractivity (Wildman–Crippen MR) is 105 cm³/mol. The molecule has 4 heteroatoms. The molecule has 1 N–H and O–H groups in total. The van der Waals surface area contributed by atoms with Gasteiger partial charge < -0.3 is 10.1 Å². The standard InChI is InChI=1S/C23H28FNO2/c1-23(2)16-19(13-15-27-23)21(17-8-10-20(24)11-9-17)12-14-25-22(26)18-6-4-3-5-7-18/h3-11,19,21H,12-16H2,1-2H3,(H,25,26)/t19-,21-/m1/s1. The molecule has 1 amide bonds. The number of hydrogen-bond donors (Lipinski definition) is 1. The van der Waals surface area contributed by atoms with Crippen LogP contribution in [0.1, 0.15) is 54.9 Å². The molecular weight excluding hydrogens is 341 g/mol. The van der Waals surface area contributed by atoms with Crippen LogP contribution in [0.25, 0.3) is 0 Å². The van der Waals surface area contributed by atoms with Crippen LogP contribution >= 0.6 is 0 Å². The van der Waals surface area contributed by atoms with Crippen LogP contribution in [-0.2, 0) is 4.74 Å². The zero-order chi connectivity index (χ0) is 19.3. The molecule has 1 saturated heterocycles. The molecule has 2 aromatic rings. The summed E-state index contributed by atoms with van der Waals surface area (Å²) >= 11 is 0. The Bertz CT molecular complexity index is 743. The molecule has 0 saturated carbocycles. The van der Waals surface area contributed by atoms with Gasteiger partial charge in [0.15, 0.2) is 0 Å². The molecule has 0 aromatic heterocycles. The van der Waals surface area contributed by atoms with Crippen molar-refractivity contribution in [1.29, 1.82) is 0 Å². The number of hydrogen-bond acceptors (Lipinski definition) is 2. The number of carbonyl (C=O) groups excluding carboxylic acids is 1. The Balaban J connectivity index is 1.68. The van der Waals surface area contributed by atoms with Crippen molar-refractivity contribution in [3.05, 3.63) is 71.5 Å². The summed E-state index contributed by atoms with van der Waals surface area (Å²) in [5.41, 5.74) is 1.66. The number of carbonyl (C=O) groups is 1. The molecule has 2 atom stereocenters. The lowest BCUT2D eigenvalue weighted by atomic mass is 9.75. The molecular formula is C23H28FNO2. The van der Waals surface area contributed by atoms with E-state index in [0.717, 1.165) is 31.4 Å². The molecule has 0 spiro atoms. The Hall–Kier alpha value is -2.20. The van der Waals surface area contributed by atoms with E-state index in [1.54, 1.807) is 0 Å². The zero-order valence-corrected chi connectivity index (χ0v) is 16.1. The van der Waals surface area contributed by atoms with Gasteiger partial charge in [-0.25, -0.2) is 4.39 Å². The fourth-order valence-electron chi connectivity index (χ4n) is 4.04. The van der Waals surface area contributed by atoms with Crippen LogP contribution in [-0.4, -0.2) is 24.7 Å².